The van der Waals surface area contributed by atoms with Gasteiger partial charge in [0.25, 0.3) is 11.7 Å². The SMILES string of the molecule is Cc1cccc2c1N(CCC=O)C(=O)C2=O. The number of carbonyl (C=O) groups is 3. The van der Waals surface area contributed by atoms with Gasteiger partial charge in [-0.15, -0.1) is 0 Å². The van der Waals surface area contributed by atoms with Gasteiger partial charge in [-0.05, 0) is 18.6 Å². The zero-order valence-electron chi connectivity index (χ0n) is 8.90. The van der Waals surface area contributed by atoms with E-state index in [0.29, 0.717) is 11.3 Å². The largest absolute Gasteiger partial charge is 0.304 e. The molecule has 0 saturated heterocycles. The average molecular weight is 217 g/mol. The van der Waals surface area contributed by atoms with Gasteiger partial charge in [0, 0.05) is 13.0 Å². The number of hydrogen-bond acceptors (Lipinski definition) is 3. The Kier molecular flexibility index (Phi) is 2.56. The van der Waals surface area contributed by atoms with Crippen molar-refractivity contribution >= 4 is 23.7 Å². The number of amides is 1. The molecule has 0 unspecified atom stereocenters. The first kappa shape index (κ1) is 10.5. The Morgan fingerprint density at radius 2 is 2.06 bits per heavy atom. The number of ketones is 1. The Morgan fingerprint density at radius 3 is 2.75 bits per heavy atom. The molecule has 1 aliphatic heterocycles. The molecule has 0 spiro atoms. The highest BCUT2D eigenvalue weighted by molar-refractivity contribution is 6.52. The van der Waals surface area contributed by atoms with Crippen molar-refractivity contribution in [3.05, 3.63) is 29.3 Å². The summed E-state index contributed by atoms with van der Waals surface area (Å²) < 4.78 is 0. The van der Waals surface area contributed by atoms with Gasteiger partial charge < -0.3 is 9.69 Å². The summed E-state index contributed by atoms with van der Waals surface area (Å²) in [5.41, 5.74) is 1.97. The van der Waals surface area contributed by atoms with Crippen LogP contribution in [0.25, 0.3) is 0 Å². The zero-order chi connectivity index (χ0) is 11.7. The van der Waals surface area contributed by atoms with Crippen LogP contribution in [0.15, 0.2) is 18.2 Å². The lowest BCUT2D eigenvalue weighted by Gasteiger charge is -2.16. The number of nitrogens with zero attached hydrogens (tertiary/aromatic N) is 1. The van der Waals surface area contributed by atoms with Crippen molar-refractivity contribution in [3.8, 4) is 0 Å². The fourth-order valence-corrected chi connectivity index (χ4v) is 1.93. The molecule has 0 aliphatic carbocycles. The maximum Gasteiger partial charge on any atom is 0.299 e. The monoisotopic (exact) mass is 217 g/mol. The molecule has 0 atom stereocenters. The first-order valence-corrected chi connectivity index (χ1v) is 5.06. The van der Waals surface area contributed by atoms with E-state index in [0.717, 1.165) is 11.8 Å². The van der Waals surface area contributed by atoms with Crippen LogP contribution in [0.4, 0.5) is 5.69 Å². The molecule has 0 radical (unpaired) electrons. The third-order valence-corrected chi connectivity index (χ3v) is 2.66. The number of hydrogen-bond donors (Lipinski definition) is 0. The number of aldehydes is 1. The fourth-order valence-electron chi connectivity index (χ4n) is 1.93. The van der Waals surface area contributed by atoms with Crippen LogP contribution in [-0.2, 0) is 9.59 Å². The van der Waals surface area contributed by atoms with Crippen molar-refractivity contribution in [2.45, 2.75) is 13.3 Å². The molecule has 0 N–H and O–H groups in total. The quantitative estimate of drug-likeness (QED) is 0.563. The third-order valence-electron chi connectivity index (χ3n) is 2.66. The van der Waals surface area contributed by atoms with Crippen molar-refractivity contribution in [2.24, 2.45) is 0 Å². The van der Waals surface area contributed by atoms with Crippen molar-refractivity contribution in [1.29, 1.82) is 0 Å². The van der Waals surface area contributed by atoms with Crippen LogP contribution in [0.1, 0.15) is 22.3 Å². The van der Waals surface area contributed by atoms with Gasteiger partial charge in [-0.3, -0.25) is 9.59 Å². The molecular weight excluding hydrogens is 206 g/mol. The summed E-state index contributed by atoms with van der Waals surface area (Å²) in [5, 5.41) is 0. The molecule has 4 nitrogen and oxygen atoms in total. The molecule has 16 heavy (non-hydrogen) atoms. The lowest BCUT2D eigenvalue weighted by Crippen LogP contribution is -2.31. The Hall–Kier alpha value is -1.97. The number of aryl methyl sites for hydroxylation is 1. The van der Waals surface area contributed by atoms with Gasteiger partial charge in [0.2, 0.25) is 0 Å². The molecule has 0 bridgehead atoms. The van der Waals surface area contributed by atoms with E-state index in [9.17, 15) is 14.4 Å². The molecule has 1 amide bonds. The second-order valence-electron chi connectivity index (χ2n) is 3.71. The zero-order valence-corrected chi connectivity index (χ0v) is 8.90. The van der Waals surface area contributed by atoms with Crippen LogP contribution >= 0.6 is 0 Å². The van der Waals surface area contributed by atoms with Crippen LogP contribution in [-0.4, -0.2) is 24.5 Å². The second-order valence-corrected chi connectivity index (χ2v) is 3.71. The number of benzene rings is 1. The fraction of sp³-hybridized carbons (Fsp3) is 0.250. The summed E-state index contributed by atoms with van der Waals surface area (Å²) in [4.78, 5) is 35.0. The summed E-state index contributed by atoms with van der Waals surface area (Å²) in [6.45, 7) is 2.12. The van der Waals surface area contributed by atoms with E-state index in [1.165, 1.54) is 4.90 Å². The first-order valence-electron chi connectivity index (χ1n) is 5.06. The standard InChI is InChI=1S/C12H11NO3/c1-8-4-2-5-9-10(8)13(6-3-7-14)12(16)11(9)15/h2,4-5,7H,3,6H2,1H3. The van der Waals surface area contributed by atoms with Crippen LogP contribution in [0, 0.1) is 6.92 Å². The van der Waals surface area contributed by atoms with Gasteiger partial charge in [0.1, 0.15) is 6.29 Å². The van der Waals surface area contributed by atoms with Crippen LogP contribution in [0.5, 0.6) is 0 Å². The van der Waals surface area contributed by atoms with Gasteiger partial charge in [0.05, 0.1) is 11.3 Å². The van der Waals surface area contributed by atoms with E-state index in [2.05, 4.69) is 0 Å². The van der Waals surface area contributed by atoms with Gasteiger partial charge >= 0.3 is 0 Å². The summed E-state index contributed by atoms with van der Waals surface area (Å²) in [6, 6.07) is 5.24. The highest BCUT2D eigenvalue weighted by atomic mass is 16.2. The first-order chi connectivity index (χ1) is 7.66. The van der Waals surface area contributed by atoms with Crippen molar-refractivity contribution in [2.75, 3.05) is 11.4 Å². The third kappa shape index (κ3) is 1.43. The Bertz CT molecular complexity index is 479. The molecule has 4 heteroatoms. The molecule has 1 heterocycles. The minimum atomic E-state index is -0.536. The highest BCUT2D eigenvalue weighted by Crippen LogP contribution is 2.31. The minimum Gasteiger partial charge on any atom is -0.304 e. The molecule has 1 aliphatic rings. The molecule has 2 rings (SSSR count). The molecule has 1 aromatic carbocycles. The number of anilines is 1. The smallest absolute Gasteiger partial charge is 0.299 e. The molecular formula is C12H11NO3. The maximum atomic E-state index is 11.7. The normalized spacial score (nSPS) is 14.2. The van der Waals surface area contributed by atoms with Gasteiger partial charge in [0.15, 0.2) is 0 Å². The number of carbonyl (C=O) groups excluding carboxylic acids is 3. The molecule has 0 aromatic heterocycles. The van der Waals surface area contributed by atoms with Crippen LogP contribution in [0.2, 0.25) is 0 Å². The molecule has 82 valence electrons. The predicted octanol–water partition coefficient (Wildman–Crippen LogP) is 1.11. The Labute approximate surface area is 92.9 Å². The number of rotatable bonds is 3. The summed E-state index contributed by atoms with van der Waals surface area (Å²) in [7, 11) is 0. The maximum absolute atomic E-state index is 11.7. The van der Waals surface area contributed by atoms with Crippen molar-refractivity contribution in [3.63, 3.8) is 0 Å². The van der Waals surface area contributed by atoms with E-state index in [-0.39, 0.29) is 13.0 Å². The van der Waals surface area contributed by atoms with Gasteiger partial charge in [-0.25, -0.2) is 0 Å². The summed E-state index contributed by atoms with van der Waals surface area (Å²) >= 11 is 0. The van der Waals surface area contributed by atoms with E-state index in [1.807, 2.05) is 13.0 Å². The minimum absolute atomic E-state index is 0.243. The Balaban J connectivity index is 2.47. The van der Waals surface area contributed by atoms with E-state index in [4.69, 9.17) is 0 Å². The molecule has 0 saturated carbocycles. The second kappa shape index (κ2) is 3.89. The summed E-state index contributed by atoms with van der Waals surface area (Å²) in [6.07, 6.45) is 0.987. The van der Waals surface area contributed by atoms with E-state index >= 15 is 0 Å². The number of Topliss-reactive ketones (excluding diaryl/α,β-unsaturated/α-hetero) is 1. The summed E-state index contributed by atoms with van der Waals surface area (Å²) in [5.74, 6) is -1.02. The Morgan fingerprint density at radius 1 is 1.31 bits per heavy atom. The van der Waals surface area contributed by atoms with E-state index < -0.39 is 11.7 Å². The van der Waals surface area contributed by atoms with E-state index in [1.54, 1.807) is 12.1 Å². The van der Waals surface area contributed by atoms with Crippen LogP contribution < -0.4 is 4.90 Å². The number of fused-ring (bicyclic) bond motifs is 1. The average Bonchev–Trinajstić information content (AvgIpc) is 2.52. The topological polar surface area (TPSA) is 54.5 Å². The lowest BCUT2D eigenvalue weighted by atomic mass is 10.1. The number of para-hydroxylation sites is 1. The molecule has 1 aromatic rings. The lowest BCUT2D eigenvalue weighted by molar-refractivity contribution is -0.114. The van der Waals surface area contributed by atoms with Crippen LogP contribution in [0.3, 0.4) is 0 Å². The molecule has 0 fully saturated rings. The van der Waals surface area contributed by atoms with Gasteiger partial charge in [-0.1, -0.05) is 12.1 Å². The highest BCUT2D eigenvalue weighted by Gasteiger charge is 2.36. The predicted molar refractivity (Wildman–Crippen MR) is 58.5 cm³/mol. The van der Waals surface area contributed by atoms with Gasteiger partial charge in [-0.2, -0.15) is 0 Å². The van der Waals surface area contributed by atoms with Crippen molar-refractivity contribution < 1.29 is 14.4 Å². The van der Waals surface area contributed by atoms with Crippen molar-refractivity contribution in [1.82, 2.24) is 0 Å².